The van der Waals surface area contributed by atoms with Crippen LogP contribution in [0.25, 0.3) is 10.9 Å². The van der Waals surface area contributed by atoms with E-state index in [4.69, 9.17) is 0 Å². The van der Waals surface area contributed by atoms with E-state index in [9.17, 15) is 4.79 Å². The molecule has 1 heterocycles. The van der Waals surface area contributed by atoms with Crippen LogP contribution in [0.2, 0.25) is 0 Å². The monoisotopic (exact) mass is 350 g/mol. The highest BCUT2D eigenvalue weighted by atomic mass is 16.1. The van der Waals surface area contributed by atoms with Crippen molar-refractivity contribution in [2.45, 2.75) is 57.8 Å². The number of carbonyl (C=O) groups is 1. The fourth-order valence-corrected chi connectivity index (χ4v) is 6.74. The number of carbonyl (C=O) groups excluding carboxylic acids is 1. The van der Waals surface area contributed by atoms with E-state index in [2.05, 4.69) is 28.5 Å². The summed E-state index contributed by atoms with van der Waals surface area (Å²) in [6, 6.07) is 8.32. The molecule has 1 amide bonds. The predicted molar refractivity (Wildman–Crippen MR) is 105 cm³/mol. The van der Waals surface area contributed by atoms with Gasteiger partial charge in [-0.15, -0.1) is 0 Å². The lowest BCUT2D eigenvalue weighted by molar-refractivity contribution is -0.121. The van der Waals surface area contributed by atoms with Crippen molar-refractivity contribution in [2.24, 2.45) is 23.2 Å². The van der Waals surface area contributed by atoms with E-state index in [0.29, 0.717) is 11.8 Å². The van der Waals surface area contributed by atoms with Crippen molar-refractivity contribution in [3.05, 3.63) is 36.0 Å². The van der Waals surface area contributed by atoms with Crippen LogP contribution in [0.15, 0.2) is 30.5 Å². The molecule has 0 aliphatic heterocycles. The largest absolute Gasteiger partial charge is 0.361 e. The Bertz CT molecular complexity index is 770. The van der Waals surface area contributed by atoms with Gasteiger partial charge in [0.2, 0.25) is 5.91 Å². The molecule has 26 heavy (non-hydrogen) atoms. The molecule has 0 unspecified atom stereocenters. The summed E-state index contributed by atoms with van der Waals surface area (Å²) >= 11 is 0. The van der Waals surface area contributed by atoms with Gasteiger partial charge in [0.25, 0.3) is 0 Å². The summed E-state index contributed by atoms with van der Waals surface area (Å²) in [6.45, 7) is 0.874. The van der Waals surface area contributed by atoms with Crippen LogP contribution in [0.4, 0.5) is 0 Å². The van der Waals surface area contributed by atoms with Crippen molar-refractivity contribution >= 4 is 16.8 Å². The van der Waals surface area contributed by atoms with Gasteiger partial charge in [0, 0.05) is 30.1 Å². The van der Waals surface area contributed by atoms with Crippen molar-refractivity contribution in [2.75, 3.05) is 6.54 Å². The summed E-state index contributed by atoms with van der Waals surface area (Å²) in [6.07, 6.45) is 13.4. The van der Waals surface area contributed by atoms with Gasteiger partial charge in [-0.25, -0.2) is 0 Å². The van der Waals surface area contributed by atoms with E-state index in [1.54, 1.807) is 0 Å². The number of aromatic nitrogens is 1. The van der Waals surface area contributed by atoms with Crippen LogP contribution in [-0.2, 0) is 11.2 Å². The average Bonchev–Trinajstić information content (AvgIpc) is 3.02. The highest BCUT2D eigenvalue weighted by molar-refractivity contribution is 5.84. The normalized spacial score (nSPS) is 32.2. The molecule has 0 atom stereocenters. The second-order valence-electron chi connectivity index (χ2n) is 9.38. The number of H-pyrrole nitrogens is 1. The van der Waals surface area contributed by atoms with Crippen LogP contribution >= 0.6 is 0 Å². The molecule has 6 rings (SSSR count). The molecule has 0 radical (unpaired) electrons. The van der Waals surface area contributed by atoms with Crippen molar-refractivity contribution in [1.82, 2.24) is 10.3 Å². The zero-order valence-electron chi connectivity index (χ0n) is 15.6. The molecule has 4 fully saturated rings. The number of hydrogen-bond donors (Lipinski definition) is 2. The molecule has 4 aliphatic carbocycles. The molecule has 3 heteroatoms. The van der Waals surface area contributed by atoms with Crippen LogP contribution in [0, 0.1) is 23.2 Å². The van der Waals surface area contributed by atoms with E-state index < -0.39 is 0 Å². The quantitative estimate of drug-likeness (QED) is 0.770. The van der Waals surface area contributed by atoms with Gasteiger partial charge in [-0.1, -0.05) is 18.2 Å². The molecule has 4 bridgehead atoms. The van der Waals surface area contributed by atoms with Gasteiger partial charge in [-0.05, 0) is 86.2 Å². The minimum absolute atomic E-state index is 0.208. The van der Waals surface area contributed by atoms with Crippen LogP contribution in [-0.4, -0.2) is 17.4 Å². The highest BCUT2D eigenvalue weighted by Crippen LogP contribution is 2.61. The Morgan fingerprint density at radius 2 is 1.77 bits per heavy atom. The van der Waals surface area contributed by atoms with Crippen molar-refractivity contribution in [3.8, 4) is 0 Å². The minimum Gasteiger partial charge on any atom is -0.361 e. The van der Waals surface area contributed by atoms with Crippen molar-refractivity contribution < 1.29 is 4.79 Å². The summed E-state index contributed by atoms with van der Waals surface area (Å²) < 4.78 is 0. The first kappa shape index (κ1) is 16.4. The van der Waals surface area contributed by atoms with Crippen LogP contribution < -0.4 is 5.32 Å². The fraction of sp³-hybridized carbons (Fsp3) is 0.609. The third-order valence-electron chi connectivity index (χ3n) is 7.44. The number of fused-ring (bicyclic) bond motifs is 1. The first-order valence-electron chi connectivity index (χ1n) is 10.5. The fourth-order valence-electron chi connectivity index (χ4n) is 6.74. The third-order valence-corrected chi connectivity index (χ3v) is 7.44. The molecule has 1 aromatic heterocycles. The maximum absolute atomic E-state index is 12.3. The predicted octanol–water partition coefficient (Wildman–Crippen LogP) is 4.82. The maximum atomic E-state index is 12.3. The van der Waals surface area contributed by atoms with E-state index in [-0.39, 0.29) is 5.91 Å². The van der Waals surface area contributed by atoms with Crippen LogP contribution in [0.1, 0.15) is 56.9 Å². The summed E-state index contributed by atoms with van der Waals surface area (Å²) in [5, 5.41) is 4.46. The molecule has 4 aliphatic rings. The molecule has 0 saturated heterocycles. The molecule has 138 valence electrons. The second-order valence-corrected chi connectivity index (χ2v) is 9.38. The molecule has 1 aromatic carbocycles. The number of amides is 1. The van der Waals surface area contributed by atoms with E-state index >= 15 is 0 Å². The summed E-state index contributed by atoms with van der Waals surface area (Å²) in [5.41, 5.74) is 2.97. The van der Waals surface area contributed by atoms with Gasteiger partial charge in [0.05, 0.1) is 0 Å². The van der Waals surface area contributed by atoms with Gasteiger partial charge in [-0.2, -0.15) is 0 Å². The average molecular weight is 351 g/mol. The molecular formula is C23H30N2O. The van der Waals surface area contributed by atoms with Crippen LogP contribution in [0.5, 0.6) is 0 Å². The van der Waals surface area contributed by atoms with E-state index in [1.165, 1.54) is 55.9 Å². The Labute approximate surface area is 155 Å². The smallest absolute Gasteiger partial charge is 0.220 e. The Morgan fingerprint density at radius 1 is 1.08 bits per heavy atom. The molecule has 2 aromatic rings. The summed E-state index contributed by atoms with van der Waals surface area (Å²) in [4.78, 5) is 15.6. The third kappa shape index (κ3) is 3.06. The van der Waals surface area contributed by atoms with E-state index in [0.717, 1.165) is 36.2 Å². The number of hydrogen-bond acceptors (Lipinski definition) is 1. The van der Waals surface area contributed by atoms with Gasteiger partial charge in [0.1, 0.15) is 0 Å². The summed E-state index contributed by atoms with van der Waals surface area (Å²) in [7, 11) is 0. The van der Waals surface area contributed by atoms with Crippen molar-refractivity contribution in [3.63, 3.8) is 0 Å². The number of benzene rings is 1. The molecular weight excluding hydrogens is 320 g/mol. The molecule has 0 spiro atoms. The summed E-state index contributed by atoms with van der Waals surface area (Å²) in [5.74, 6) is 3.21. The minimum atomic E-state index is 0.208. The Morgan fingerprint density at radius 3 is 2.50 bits per heavy atom. The number of para-hydroxylation sites is 1. The number of aryl methyl sites for hydroxylation is 1. The van der Waals surface area contributed by atoms with Crippen molar-refractivity contribution in [1.29, 1.82) is 0 Å². The SMILES string of the molecule is O=C(CCc1c[nH]c2ccccc12)NCCC12CC3CC(CC(C3)C1)C2. The van der Waals surface area contributed by atoms with Crippen LogP contribution in [0.3, 0.4) is 0 Å². The number of rotatable bonds is 6. The van der Waals surface area contributed by atoms with E-state index in [1.807, 2.05) is 12.3 Å². The Kier molecular flexibility index (Phi) is 4.06. The molecule has 2 N–H and O–H groups in total. The lowest BCUT2D eigenvalue weighted by Gasteiger charge is -2.57. The lowest BCUT2D eigenvalue weighted by atomic mass is 9.49. The van der Waals surface area contributed by atoms with Gasteiger partial charge in [-0.3, -0.25) is 4.79 Å². The lowest BCUT2D eigenvalue weighted by Crippen LogP contribution is -2.47. The number of aromatic amines is 1. The topological polar surface area (TPSA) is 44.9 Å². The first-order chi connectivity index (χ1) is 12.7. The van der Waals surface area contributed by atoms with Gasteiger partial charge in [0.15, 0.2) is 0 Å². The number of nitrogens with one attached hydrogen (secondary N) is 2. The maximum Gasteiger partial charge on any atom is 0.220 e. The Balaban J connectivity index is 1.11. The van der Waals surface area contributed by atoms with Gasteiger partial charge < -0.3 is 10.3 Å². The molecule has 4 saturated carbocycles. The Hall–Kier alpha value is -1.77. The zero-order chi connectivity index (χ0) is 17.6. The zero-order valence-corrected chi connectivity index (χ0v) is 15.6. The van der Waals surface area contributed by atoms with Gasteiger partial charge >= 0.3 is 0 Å². The first-order valence-corrected chi connectivity index (χ1v) is 10.5. The second kappa shape index (κ2) is 6.44. The molecule has 3 nitrogen and oxygen atoms in total. The standard InChI is InChI=1S/C23H30N2O/c26-22(6-5-19-15-25-21-4-2-1-3-20(19)21)24-8-7-23-12-16-9-17(13-23)11-18(10-16)14-23/h1-4,15-18,25H,5-14H2,(H,24,26). The highest BCUT2D eigenvalue weighted by Gasteiger charge is 2.50.